The average Bonchev–Trinajstić information content (AvgIpc) is 2.49. The third-order valence-electron chi connectivity index (χ3n) is 4.22. The van der Waals surface area contributed by atoms with Crippen LogP contribution in [-0.4, -0.2) is 10.4 Å². The minimum Gasteiger partial charge on any atom is -0.315 e. The summed E-state index contributed by atoms with van der Waals surface area (Å²) in [7, 11) is 1.70. The van der Waals surface area contributed by atoms with Gasteiger partial charge in [0.05, 0.1) is 5.56 Å². The molecule has 1 heterocycles. The van der Waals surface area contributed by atoms with E-state index in [0.29, 0.717) is 0 Å². The SMILES string of the molecule is Cc1cccc(/C=C/C(=O)c2c(C)c(C)c(C)n(C)c2=O)c1. The fourth-order valence-electron chi connectivity index (χ4n) is 2.51. The zero-order chi connectivity index (χ0) is 16.4. The topological polar surface area (TPSA) is 39.1 Å². The highest BCUT2D eigenvalue weighted by atomic mass is 16.1. The van der Waals surface area contributed by atoms with E-state index in [1.165, 1.54) is 10.6 Å². The van der Waals surface area contributed by atoms with Gasteiger partial charge in [0, 0.05) is 12.7 Å². The standard InChI is InChI=1S/C19H21NO2/c1-12-7-6-8-16(11-12)9-10-17(21)18-14(3)13(2)15(4)20(5)19(18)22/h6-11H,1-5H3/b10-9+. The first-order valence-electron chi connectivity index (χ1n) is 7.28. The number of pyridine rings is 1. The average molecular weight is 295 g/mol. The first-order chi connectivity index (χ1) is 10.3. The second kappa shape index (κ2) is 6.14. The van der Waals surface area contributed by atoms with Crippen LogP contribution in [0.2, 0.25) is 0 Å². The Morgan fingerprint density at radius 2 is 1.77 bits per heavy atom. The summed E-state index contributed by atoms with van der Waals surface area (Å²) in [5, 5.41) is 0. The van der Waals surface area contributed by atoms with Crippen molar-refractivity contribution in [3.8, 4) is 0 Å². The van der Waals surface area contributed by atoms with Crippen LogP contribution >= 0.6 is 0 Å². The molecule has 3 nitrogen and oxygen atoms in total. The van der Waals surface area contributed by atoms with Crippen molar-refractivity contribution in [2.75, 3.05) is 0 Å². The molecule has 0 saturated carbocycles. The Morgan fingerprint density at radius 3 is 2.41 bits per heavy atom. The van der Waals surface area contributed by atoms with Gasteiger partial charge in [-0.25, -0.2) is 0 Å². The minimum absolute atomic E-state index is 0.237. The van der Waals surface area contributed by atoms with E-state index in [1.54, 1.807) is 13.1 Å². The number of ketones is 1. The van der Waals surface area contributed by atoms with Crippen LogP contribution in [0.1, 0.15) is 38.3 Å². The van der Waals surface area contributed by atoms with Crippen LogP contribution in [0, 0.1) is 27.7 Å². The molecule has 0 fully saturated rings. The molecule has 0 aliphatic rings. The minimum atomic E-state index is -0.247. The lowest BCUT2D eigenvalue weighted by Crippen LogP contribution is -2.28. The third-order valence-corrected chi connectivity index (χ3v) is 4.22. The van der Waals surface area contributed by atoms with Gasteiger partial charge in [-0.1, -0.05) is 35.9 Å². The quantitative estimate of drug-likeness (QED) is 0.642. The molecule has 114 valence electrons. The van der Waals surface area contributed by atoms with E-state index in [0.717, 1.165) is 27.9 Å². The first kappa shape index (κ1) is 16.0. The molecule has 0 radical (unpaired) electrons. The summed E-state index contributed by atoms with van der Waals surface area (Å²) in [5.74, 6) is -0.247. The molecular weight excluding hydrogens is 274 g/mol. The molecule has 1 aromatic heterocycles. The van der Waals surface area contributed by atoms with E-state index in [2.05, 4.69) is 0 Å². The van der Waals surface area contributed by atoms with Crippen molar-refractivity contribution in [2.24, 2.45) is 7.05 Å². The largest absolute Gasteiger partial charge is 0.315 e. The molecule has 0 saturated heterocycles. The molecule has 3 heteroatoms. The number of aromatic nitrogens is 1. The van der Waals surface area contributed by atoms with Gasteiger partial charge in [-0.05, 0) is 50.5 Å². The predicted molar refractivity (Wildman–Crippen MR) is 90.4 cm³/mol. The van der Waals surface area contributed by atoms with Crippen LogP contribution in [0.5, 0.6) is 0 Å². The summed E-state index contributed by atoms with van der Waals surface area (Å²) >= 11 is 0. The number of carbonyl (C=O) groups is 1. The summed E-state index contributed by atoms with van der Waals surface area (Å²) in [6.07, 6.45) is 3.23. The van der Waals surface area contributed by atoms with Crippen LogP contribution in [0.4, 0.5) is 0 Å². The van der Waals surface area contributed by atoms with Crippen LogP contribution in [-0.2, 0) is 7.05 Å². The lowest BCUT2D eigenvalue weighted by molar-refractivity contribution is 0.104. The number of nitrogens with zero attached hydrogens (tertiary/aromatic N) is 1. The molecule has 0 bridgehead atoms. The monoisotopic (exact) mass is 295 g/mol. The van der Waals surface area contributed by atoms with Gasteiger partial charge in [-0.3, -0.25) is 9.59 Å². The molecular formula is C19H21NO2. The smallest absolute Gasteiger partial charge is 0.261 e. The zero-order valence-electron chi connectivity index (χ0n) is 13.7. The van der Waals surface area contributed by atoms with Crippen LogP contribution in [0.25, 0.3) is 6.08 Å². The lowest BCUT2D eigenvalue weighted by Gasteiger charge is -2.13. The molecule has 0 spiro atoms. The molecule has 0 aliphatic carbocycles. The fourth-order valence-corrected chi connectivity index (χ4v) is 2.51. The Bertz CT molecular complexity index is 826. The number of benzene rings is 1. The van der Waals surface area contributed by atoms with Gasteiger partial charge in [-0.2, -0.15) is 0 Å². The van der Waals surface area contributed by atoms with E-state index < -0.39 is 0 Å². The third kappa shape index (κ3) is 2.93. The maximum atomic E-state index is 12.5. The molecule has 1 aromatic carbocycles. The maximum absolute atomic E-state index is 12.5. The van der Waals surface area contributed by atoms with Crippen molar-refractivity contribution < 1.29 is 4.79 Å². The summed E-state index contributed by atoms with van der Waals surface area (Å²) in [6, 6.07) is 7.87. The van der Waals surface area contributed by atoms with E-state index in [1.807, 2.05) is 52.0 Å². The normalized spacial score (nSPS) is 11.1. The Hall–Kier alpha value is -2.42. The van der Waals surface area contributed by atoms with Crippen LogP contribution < -0.4 is 5.56 Å². The van der Waals surface area contributed by atoms with E-state index in [-0.39, 0.29) is 16.9 Å². The number of hydrogen-bond donors (Lipinski definition) is 0. The van der Waals surface area contributed by atoms with E-state index in [9.17, 15) is 9.59 Å². The maximum Gasteiger partial charge on any atom is 0.261 e. The van der Waals surface area contributed by atoms with E-state index in [4.69, 9.17) is 0 Å². The predicted octanol–water partition coefficient (Wildman–Crippen LogP) is 3.52. The Kier molecular flexibility index (Phi) is 4.45. The highest BCUT2D eigenvalue weighted by molar-refractivity contribution is 6.07. The Labute approximate surface area is 130 Å². The van der Waals surface area contributed by atoms with Crippen molar-refractivity contribution in [1.82, 2.24) is 4.57 Å². The molecule has 22 heavy (non-hydrogen) atoms. The van der Waals surface area contributed by atoms with Gasteiger partial charge in [0.25, 0.3) is 5.56 Å². The molecule has 2 aromatic rings. The molecule has 0 atom stereocenters. The summed E-state index contributed by atoms with van der Waals surface area (Å²) in [6.45, 7) is 7.66. The van der Waals surface area contributed by atoms with Crippen molar-refractivity contribution >= 4 is 11.9 Å². The van der Waals surface area contributed by atoms with Gasteiger partial charge < -0.3 is 4.57 Å². The number of aryl methyl sites for hydroxylation is 1. The number of carbonyl (C=O) groups excluding carboxylic acids is 1. The summed E-state index contributed by atoms with van der Waals surface area (Å²) in [5.41, 5.74) is 4.74. The Morgan fingerprint density at radius 1 is 1.09 bits per heavy atom. The molecule has 0 N–H and O–H groups in total. The van der Waals surface area contributed by atoms with E-state index >= 15 is 0 Å². The van der Waals surface area contributed by atoms with Gasteiger partial charge in [0.15, 0.2) is 5.78 Å². The molecule has 0 aliphatic heterocycles. The summed E-state index contributed by atoms with van der Waals surface area (Å²) < 4.78 is 1.54. The Balaban J connectivity index is 2.45. The highest BCUT2D eigenvalue weighted by Crippen LogP contribution is 2.15. The van der Waals surface area contributed by atoms with Crippen LogP contribution in [0.15, 0.2) is 35.1 Å². The van der Waals surface area contributed by atoms with Crippen molar-refractivity contribution in [1.29, 1.82) is 0 Å². The highest BCUT2D eigenvalue weighted by Gasteiger charge is 2.16. The number of hydrogen-bond acceptors (Lipinski definition) is 2. The van der Waals surface area contributed by atoms with Gasteiger partial charge in [0.1, 0.15) is 0 Å². The van der Waals surface area contributed by atoms with Crippen LogP contribution in [0.3, 0.4) is 0 Å². The number of rotatable bonds is 3. The van der Waals surface area contributed by atoms with Gasteiger partial charge >= 0.3 is 0 Å². The molecule has 0 unspecified atom stereocenters. The first-order valence-corrected chi connectivity index (χ1v) is 7.28. The zero-order valence-corrected chi connectivity index (χ0v) is 13.7. The second-order valence-electron chi connectivity index (χ2n) is 5.69. The van der Waals surface area contributed by atoms with Crippen molar-refractivity contribution in [3.63, 3.8) is 0 Å². The number of allylic oxidation sites excluding steroid dienone is 1. The van der Waals surface area contributed by atoms with Gasteiger partial charge in [-0.15, -0.1) is 0 Å². The van der Waals surface area contributed by atoms with Crippen molar-refractivity contribution in [3.05, 3.63) is 74.2 Å². The second-order valence-corrected chi connectivity index (χ2v) is 5.69. The molecule has 2 rings (SSSR count). The van der Waals surface area contributed by atoms with Gasteiger partial charge in [0.2, 0.25) is 0 Å². The summed E-state index contributed by atoms with van der Waals surface area (Å²) in [4.78, 5) is 24.8. The molecule has 0 amide bonds. The fraction of sp³-hybridized carbons (Fsp3) is 0.263. The lowest BCUT2D eigenvalue weighted by atomic mass is 9.99. The van der Waals surface area contributed by atoms with Crippen molar-refractivity contribution in [2.45, 2.75) is 27.7 Å².